The molecule has 26 heavy (non-hydrogen) atoms. The molecule has 1 atom stereocenters. The Morgan fingerprint density at radius 2 is 2.08 bits per heavy atom. The fraction of sp³-hybridized carbons (Fsp3) is 0.650. The third-order valence-electron chi connectivity index (χ3n) is 4.38. The Kier molecular flexibility index (Phi) is 8.88. The third kappa shape index (κ3) is 6.94. The third-order valence-corrected chi connectivity index (χ3v) is 4.38. The molecule has 1 heterocycles. The molecule has 1 saturated heterocycles. The monoisotopic (exact) mass is 362 g/mol. The molecule has 0 saturated carbocycles. The van der Waals surface area contributed by atoms with E-state index in [1.165, 1.54) is 0 Å². The lowest BCUT2D eigenvalue weighted by atomic mass is 10.1. The number of hydrogen-bond donors (Lipinski definition) is 3. The average Bonchev–Trinajstić information content (AvgIpc) is 2.64. The maximum absolute atomic E-state index is 9.45. The molecule has 2 rings (SSSR count). The van der Waals surface area contributed by atoms with Crippen LogP contribution in [0.4, 0.5) is 0 Å². The van der Waals surface area contributed by atoms with E-state index >= 15 is 0 Å². The van der Waals surface area contributed by atoms with Crippen LogP contribution in [-0.4, -0.2) is 61.4 Å². The predicted molar refractivity (Wildman–Crippen MR) is 106 cm³/mol. The van der Waals surface area contributed by atoms with Crippen LogP contribution in [0, 0.1) is 5.92 Å². The van der Waals surface area contributed by atoms with Crippen LogP contribution in [0.15, 0.2) is 29.3 Å². The van der Waals surface area contributed by atoms with Crippen LogP contribution in [0.2, 0.25) is 0 Å². The zero-order valence-corrected chi connectivity index (χ0v) is 16.4. The molecular weight excluding hydrogens is 328 g/mol. The van der Waals surface area contributed by atoms with E-state index in [4.69, 9.17) is 4.74 Å². The van der Waals surface area contributed by atoms with Crippen molar-refractivity contribution in [2.45, 2.75) is 40.0 Å². The number of morpholine rings is 1. The van der Waals surface area contributed by atoms with Crippen molar-refractivity contribution in [2.24, 2.45) is 10.9 Å². The van der Waals surface area contributed by atoms with Gasteiger partial charge in [0.15, 0.2) is 5.96 Å². The molecule has 1 aromatic carbocycles. The van der Waals surface area contributed by atoms with E-state index in [9.17, 15) is 5.11 Å². The smallest absolute Gasteiger partial charge is 0.191 e. The summed E-state index contributed by atoms with van der Waals surface area (Å²) in [5.74, 6) is 1.46. The summed E-state index contributed by atoms with van der Waals surface area (Å²) in [4.78, 5) is 7.13. The second-order valence-electron chi connectivity index (χ2n) is 7.15. The van der Waals surface area contributed by atoms with Crippen LogP contribution in [-0.2, 0) is 17.9 Å². The van der Waals surface area contributed by atoms with Crippen molar-refractivity contribution in [2.75, 3.05) is 39.3 Å². The zero-order valence-electron chi connectivity index (χ0n) is 16.4. The van der Waals surface area contributed by atoms with Gasteiger partial charge in [-0.2, -0.15) is 0 Å². The highest BCUT2D eigenvalue weighted by molar-refractivity contribution is 5.79. The molecule has 0 aliphatic carbocycles. The maximum Gasteiger partial charge on any atom is 0.191 e. The van der Waals surface area contributed by atoms with E-state index in [1.807, 2.05) is 24.3 Å². The fourth-order valence-electron chi connectivity index (χ4n) is 3.17. The normalized spacial score (nSPS) is 19.0. The molecule has 0 bridgehead atoms. The van der Waals surface area contributed by atoms with Gasteiger partial charge in [0.2, 0.25) is 0 Å². The van der Waals surface area contributed by atoms with Gasteiger partial charge in [-0.05, 0) is 24.0 Å². The standard InChI is InChI=1S/C20H34N4O2/c1-4-21-20(22-11-17-7-5-6-8-18(17)15-25)23-12-19-14-24(9-10-26-19)13-16(2)3/h5-8,16,19,25H,4,9-15H2,1-3H3,(H2,21,22,23). The lowest BCUT2D eigenvalue weighted by Gasteiger charge is -2.34. The maximum atomic E-state index is 9.45. The van der Waals surface area contributed by atoms with E-state index < -0.39 is 0 Å². The fourth-order valence-corrected chi connectivity index (χ4v) is 3.17. The van der Waals surface area contributed by atoms with Crippen molar-refractivity contribution in [1.82, 2.24) is 15.5 Å². The van der Waals surface area contributed by atoms with Crippen molar-refractivity contribution in [1.29, 1.82) is 0 Å². The number of nitrogens with zero attached hydrogens (tertiary/aromatic N) is 2. The van der Waals surface area contributed by atoms with E-state index in [0.717, 1.165) is 56.4 Å². The van der Waals surface area contributed by atoms with Crippen LogP contribution in [0.1, 0.15) is 31.9 Å². The molecule has 0 spiro atoms. The molecule has 1 aromatic rings. The van der Waals surface area contributed by atoms with Crippen molar-refractivity contribution >= 4 is 5.96 Å². The number of rotatable bonds is 8. The molecular formula is C20H34N4O2. The van der Waals surface area contributed by atoms with Crippen molar-refractivity contribution in [3.63, 3.8) is 0 Å². The first-order valence-corrected chi connectivity index (χ1v) is 9.66. The van der Waals surface area contributed by atoms with E-state index in [2.05, 4.69) is 41.3 Å². The first-order chi connectivity index (χ1) is 12.6. The number of hydrogen-bond acceptors (Lipinski definition) is 4. The molecule has 1 aliphatic heterocycles. The predicted octanol–water partition coefficient (Wildman–Crippen LogP) is 1.59. The topological polar surface area (TPSA) is 69.1 Å². The van der Waals surface area contributed by atoms with E-state index in [1.54, 1.807) is 0 Å². The average molecular weight is 363 g/mol. The minimum atomic E-state index is 0.0389. The van der Waals surface area contributed by atoms with Gasteiger partial charge < -0.3 is 20.5 Å². The lowest BCUT2D eigenvalue weighted by molar-refractivity contribution is -0.0284. The second-order valence-corrected chi connectivity index (χ2v) is 7.15. The quantitative estimate of drug-likeness (QED) is 0.484. The highest BCUT2D eigenvalue weighted by atomic mass is 16.5. The summed E-state index contributed by atoms with van der Waals surface area (Å²) in [5.41, 5.74) is 1.97. The molecule has 1 unspecified atom stereocenters. The molecule has 6 heteroatoms. The number of ether oxygens (including phenoxy) is 1. The molecule has 6 nitrogen and oxygen atoms in total. The van der Waals surface area contributed by atoms with Crippen LogP contribution >= 0.6 is 0 Å². The molecule has 0 radical (unpaired) electrons. The van der Waals surface area contributed by atoms with Gasteiger partial charge in [0, 0.05) is 32.7 Å². The number of benzene rings is 1. The van der Waals surface area contributed by atoms with Crippen molar-refractivity contribution < 1.29 is 9.84 Å². The lowest BCUT2D eigenvalue weighted by Crippen LogP contribution is -2.50. The van der Waals surface area contributed by atoms with Crippen LogP contribution in [0.5, 0.6) is 0 Å². The minimum absolute atomic E-state index is 0.0389. The molecule has 0 aromatic heterocycles. The first-order valence-electron chi connectivity index (χ1n) is 9.66. The zero-order chi connectivity index (χ0) is 18.8. The van der Waals surface area contributed by atoms with Crippen LogP contribution in [0.25, 0.3) is 0 Å². The molecule has 3 N–H and O–H groups in total. The summed E-state index contributed by atoms with van der Waals surface area (Å²) < 4.78 is 5.90. The van der Waals surface area contributed by atoms with Gasteiger partial charge in [-0.25, -0.2) is 4.99 Å². The Labute approximate surface area is 157 Å². The molecule has 1 fully saturated rings. The number of guanidine groups is 1. The van der Waals surface area contributed by atoms with Crippen LogP contribution in [0.3, 0.4) is 0 Å². The highest BCUT2D eigenvalue weighted by Gasteiger charge is 2.21. The van der Waals surface area contributed by atoms with Crippen molar-refractivity contribution in [3.8, 4) is 0 Å². The van der Waals surface area contributed by atoms with Gasteiger partial charge in [-0.1, -0.05) is 38.1 Å². The first kappa shape index (κ1) is 20.7. The summed E-state index contributed by atoms with van der Waals surface area (Å²) in [5, 5.41) is 16.1. The summed E-state index contributed by atoms with van der Waals surface area (Å²) in [6.45, 7) is 12.6. The summed E-state index contributed by atoms with van der Waals surface area (Å²) >= 11 is 0. The Morgan fingerprint density at radius 3 is 2.77 bits per heavy atom. The molecule has 146 valence electrons. The van der Waals surface area contributed by atoms with Gasteiger partial charge in [0.1, 0.15) is 0 Å². The van der Waals surface area contributed by atoms with Crippen LogP contribution < -0.4 is 10.6 Å². The highest BCUT2D eigenvalue weighted by Crippen LogP contribution is 2.10. The van der Waals surface area contributed by atoms with Gasteiger partial charge in [0.05, 0.1) is 25.9 Å². The SMILES string of the molecule is CCNC(=NCc1ccccc1CO)NCC1CN(CC(C)C)CCO1. The molecule has 0 amide bonds. The van der Waals surface area contributed by atoms with E-state index in [-0.39, 0.29) is 12.7 Å². The Balaban J connectivity index is 1.89. The second kappa shape index (κ2) is 11.2. The summed E-state index contributed by atoms with van der Waals surface area (Å²) in [6, 6.07) is 7.85. The molecule has 1 aliphatic rings. The van der Waals surface area contributed by atoms with Gasteiger partial charge in [-0.15, -0.1) is 0 Å². The number of aliphatic hydroxyl groups excluding tert-OH is 1. The summed E-state index contributed by atoms with van der Waals surface area (Å²) in [7, 11) is 0. The number of aliphatic hydroxyl groups is 1. The Hall–Kier alpha value is -1.63. The van der Waals surface area contributed by atoms with E-state index in [0.29, 0.717) is 12.5 Å². The van der Waals surface area contributed by atoms with Gasteiger partial charge in [-0.3, -0.25) is 4.90 Å². The Bertz CT molecular complexity index is 562. The number of aliphatic imine (C=N–C) groups is 1. The summed E-state index contributed by atoms with van der Waals surface area (Å²) in [6.07, 6.45) is 0.177. The number of nitrogens with one attached hydrogen (secondary N) is 2. The Morgan fingerprint density at radius 1 is 1.31 bits per heavy atom. The van der Waals surface area contributed by atoms with Crippen molar-refractivity contribution in [3.05, 3.63) is 35.4 Å². The van der Waals surface area contributed by atoms with Gasteiger partial charge in [0.25, 0.3) is 0 Å². The largest absolute Gasteiger partial charge is 0.392 e. The van der Waals surface area contributed by atoms with Gasteiger partial charge >= 0.3 is 0 Å². The minimum Gasteiger partial charge on any atom is -0.392 e.